The molecule has 1 saturated heterocycles. The van der Waals surface area contributed by atoms with Gasteiger partial charge in [-0.15, -0.1) is 0 Å². The summed E-state index contributed by atoms with van der Waals surface area (Å²) in [5.74, 6) is 0.684. The molecule has 214 valence electrons. The van der Waals surface area contributed by atoms with Gasteiger partial charge in [-0.25, -0.2) is 4.98 Å². The number of ether oxygens (including phenoxy) is 1. The van der Waals surface area contributed by atoms with Gasteiger partial charge in [-0.1, -0.05) is 35.3 Å². The quantitative estimate of drug-likeness (QED) is 0.296. The number of methoxy groups -OCH3 is 1. The van der Waals surface area contributed by atoms with Gasteiger partial charge >= 0.3 is 0 Å². The number of imidazole rings is 1. The lowest BCUT2D eigenvalue weighted by Gasteiger charge is -2.37. The maximum atomic E-state index is 14.3. The summed E-state index contributed by atoms with van der Waals surface area (Å²) in [6.45, 7) is 6.66. The third-order valence-electron chi connectivity index (χ3n) is 8.39. The van der Waals surface area contributed by atoms with Crippen LogP contribution in [0.15, 0.2) is 48.5 Å². The van der Waals surface area contributed by atoms with E-state index in [1.54, 1.807) is 35.1 Å². The molecule has 1 unspecified atom stereocenters. The van der Waals surface area contributed by atoms with Crippen molar-refractivity contribution in [1.29, 1.82) is 0 Å². The number of rotatable bonds is 4. The SMILES string of the molecule is COc1ccc(C(=O)N2CC(O)C2)cc1-c1nc2c(n1C(C)C)C1c3ccc(Cl)cc3-c3c(Cl)ccc(C)c3N1C2=O. The van der Waals surface area contributed by atoms with Gasteiger partial charge in [0.1, 0.15) is 17.6 Å². The van der Waals surface area contributed by atoms with E-state index in [4.69, 9.17) is 32.9 Å². The average Bonchev–Trinajstić information content (AvgIpc) is 3.47. The molecular weight excluding hydrogens is 575 g/mol. The van der Waals surface area contributed by atoms with Crippen LogP contribution in [-0.2, 0) is 0 Å². The monoisotopic (exact) mass is 602 g/mol. The predicted molar refractivity (Wildman–Crippen MR) is 162 cm³/mol. The van der Waals surface area contributed by atoms with Crippen molar-refractivity contribution in [3.8, 4) is 28.3 Å². The third kappa shape index (κ3) is 3.75. The van der Waals surface area contributed by atoms with Crippen LogP contribution in [0.4, 0.5) is 5.69 Å². The van der Waals surface area contributed by atoms with E-state index in [2.05, 4.69) is 4.57 Å². The van der Waals surface area contributed by atoms with E-state index < -0.39 is 12.1 Å². The van der Waals surface area contributed by atoms with E-state index in [-0.39, 0.29) is 17.9 Å². The number of β-amino-alcohol motifs (C(OH)–C–C–N with tert-alkyl or cyclic N) is 1. The molecule has 0 bridgehead atoms. The van der Waals surface area contributed by atoms with Gasteiger partial charge in [0, 0.05) is 35.3 Å². The van der Waals surface area contributed by atoms with Crippen molar-refractivity contribution in [3.05, 3.63) is 86.7 Å². The van der Waals surface area contributed by atoms with E-state index in [0.29, 0.717) is 51.5 Å². The number of fused-ring (bicyclic) bond motifs is 8. The average molecular weight is 604 g/mol. The molecule has 1 atom stereocenters. The zero-order chi connectivity index (χ0) is 29.6. The lowest BCUT2D eigenvalue weighted by molar-refractivity contribution is 0.00589. The number of hydrogen-bond donors (Lipinski definition) is 1. The van der Waals surface area contributed by atoms with Crippen LogP contribution in [0.1, 0.15) is 63.6 Å². The molecular formula is C32H28Cl2N4O4. The van der Waals surface area contributed by atoms with Crippen LogP contribution >= 0.6 is 23.2 Å². The number of carbonyl (C=O) groups excluding carboxylic acids is 2. The minimum absolute atomic E-state index is 0.0869. The first-order chi connectivity index (χ1) is 20.1. The number of carbonyl (C=O) groups is 2. The number of halogens is 2. The first-order valence-corrected chi connectivity index (χ1v) is 14.6. The highest BCUT2D eigenvalue weighted by Crippen LogP contribution is 2.56. The lowest BCUT2D eigenvalue weighted by Crippen LogP contribution is -2.53. The van der Waals surface area contributed by atoms with Gasteiger partial charge in [0.2, 0.25) is 0 Å². The molecule has 1 fully saturated rings. The number of hydrogen-bond acceptors (Lipinski definition) is 5. The summed E-state index contributed by atoms with van der Waals surface area (Å²) in [5.41, 5.74) is 6.43. The van der Waals surface area contributed by atoms with E-state index in [0.717, 1.165) is 33.6 Å². The third-order valence-corrected chi connectivity index (χ3v) is 8.94. The minimum Gasteiger partial charge on any atom is -0.496 e. The number of amides is 2. The molecule has 1 aromatic heterocycles. The van der Waals surface area contributed by atoms with Crippen molar-refractivity contribution in [2.75, 3.05) is 25.1 Å². The van der Waals surface area contributed by atoms with Crippen molar-refractivity contribution in [2.24, 2.45) is 0 Å². The number of nitrogens with zero attached hydrogens (tertiary/aromatic N) is 4. The smallest absolute Gasteiger partial charge is 0.279 e. The van der Waals surface area contributed by atoms with Gasteiger partial charge in [-0.2, -0.15) is 0 Å². The van der Waals surface area contributed by atoms with Gasteiger partial charge < -0.3 is 19.3 Å². The molecule has 10 heteroatoms. The molecule has 1 N–H and O–H groups in total. The molecule has 0 radical (unpaired) electrons. The summed E-state index contributed by atoms with van der Waals surface area (Å²) in [4.78, 5) is 35.8. The number of aromatic nitrogens is 2. The largest absolute Gasteiger partial charge is 0.496 e. The first kappa shape index (κ1) is 27.0. The molecule has 4 aromatic rings. The number of aliphatic hydroxyl groups excluding tert-OH is 1. The molecule has 0 spiro atoms. The molecule has 3 aromatic carbocycles. The van der Waals surface area contributed by atoms with Crippen molar-refractivity contribution in [2.45, 2.75) is 39.0 Å². The Morgan fingerprint density at radius 2 is 1.83 bits per heavy atom. The molecule has 3 aliphatic rings. The van der Waals surface area contributed by atoms with Crippen LogP contribution in [-0.4, -0.2) is 57.7 Å². The van der Waals surface area contributed by atoms with Crippen LogP contribution in [0.25, 0.3) is 22.5 Å². The Balaban J connectivity index is 1.45. The second kappa shape index (κ2) is 9.59. The van der Waals surface area contributed by atoms with Gasteiger partial charge in [-0.05, 0) is 73.9 Å². The minimum atomic E-state index is -0.500. The summed E-state index contributed by atoms with van der Waals surface area (Å²) in [5, 5.41) is 10.8. The molecule has 2 amide bonds. The molecule has 3 aliphatic heterocycles. The zero-order valence-corrected chi connectivity index (χ0v) is 25.0. The summed E-state index contributed by atoms with van der Waals surface area (Å²) in [6.07, 6.45) is -0.500. The van der Waals surface area contributed by atoms with E-state index >= 15 is 0 Å². The Kier molecular flexibility index (Phi) is 6.17. The Bertz CT molecular complexity index is 1830. The molecule has 8 nitrogen and oxygen atoms in total. The Labute approximate surface area is 253 Å². The summed E-state index contributed by atoms with van der Waals surface area (Å²) in [7, 11) is 1.57. The molecule has 42 heavy (non-hydrogen) atoms. The highest BCUT2D eigenvalue weighted by molar-refractivity contribution is 6.35. The molecule has 0 saturated carbocycles. The first-order valence-electron chi connectivity index (χ1n) is 13.8. The summed E-state index contributed by atoms with van der Waals surface area (Å²) < 4.78 is 7.79. The fourth-order valence-corrected chi connectivity index (χ4v) is 6.91. The lowest BCUT2D eigenvalue weighted by atomic mass is 9.86. The van der Waals surface area contributed by atoms with Gasteiger partial charge in [0.05, 0.1) is 35.2 Å². The highest BCUT2D eigenvalue weighted by Gasteiger charge is 2.49. The molecule has 4 heterocycles. The maximum absolute atomic E-state index is 14.3. The van der Waals surface area contributed by atoms with Crippen molar-refractivity contribution >= 4 is 40.7 Å². The number of anilines is 1. The van der Waals surface area contributed by atoms with Crippen molar-refractivity contribution in [3.63, 3.8) is 0 Å². The van der Waals surface area contributed by atoms with Crippen molar-refractivity contribution < 1.29 is 19.4 Å². The standard InChI is InChI=1S/C32H28Cl2N4O4/c1-15(2)37-29-26(35-30(37)22-11-17(6-10-24(22)42-4)31(40)36-13-19(39)14-36)32(41)38-27-16(3)5-9-23(34)25(27)21-12-18(33)7-8-20(21)28(29)38/h5-12,15,19,28,39H,13-14H2,1-4H3. The van der Waals surface area contributed by atoms with Crippen molar-refractivity contribution in [1.82, 2.24) is 14.5 Å². The van der Waals surface area contributed by atoms with Crippen LogP contribution in [0.5, 0.6) is 5.75 Å². The van der Waals surface area contributed by atoms with Crippen LogP contribution in [0.2, 0.25) is 10.0 Å². The van der Waals surface area contributed by atoms with Crippen LogP contribution < -0.4 is 9.64 Å². The fraction of sp³-hybridized carbons (Fsp3) is 0.281. The Morgan fingerprint density at radius 1 is 1.07 bits per heavy atom. The number of aliphatic hydroxyl groups is 1. The normalized spacial score (nSPS) is 17.1. The van der Waals surface area contributed by atoms with E-state index in [9.17, 15) is 14.7 Å². The Morgan fingerprint density at radius 3 is 2.52 bits per heavy atom. The van der Waals surface area contributed by atoms with Gasteiger partial charge in [0.25, 0.3) is 11.8 Å². The second-order valence-corrected chi connectivity index (χ2v) is 12.2. The van der Waals surface area contributed by atoms with E-state index in [1.165, 1.54) is 0 Å². The number of aryl methyl sites for hydroxylation is 1. The predicted octanol–water partition coefficient (Wildman–Crippen LogP) is 6.30. The van der Waals surface area contributed by atoms with Gasteiger partial charge in [0.15, 0.2) is 5.69 Å². The maximum Gasteiger partial charge on any atom is 0.279 e. The highest BCUT2D eigenvalue weighted by atomic mass is 35.5. The summed E-state index contributed by atoms with van der Waals surface area (Å²) >= 11 is 13.3. The molecule has 7 rings (SSSR count). The second-order valence-electron chi connectivity index (χ2n) is 11.3. The number of benzene rings is 3. The van der Waals surface area contributed by atoms with Gasteiger partial charge in [-0.3, -0.25) is 14.5 Å². The zero-order valence-electron chi connectivity index (χ0n) is 23.5. The van der Waals surface area contributed by atoms with Crippen LogP contribution in [0, 0.1) is 6.92 Å². The van der Waals surface area contributed by atoms with E-state index in [1.807, 2.05) is 51.1 Å². The van der Waals surface area contributed by atoms with Crippen LogP contribution in [0.3, 0.4) is 0 Å². The topological polar surface area (TPSA) is 87.9 Å². The Hall–Kier alpha value is -3.85. The summed E-state index contributed by atoms with van der Waals surface area (Å²) in [6, 6.07) is 14.1. The number of likely N-dealkylation sites (tertiary alicyclic amines) is 1. The molecule has 0 aliphatic carbocycles. The fourth-order valence-electron chi connectivity index (χ4n) is 6.49.